The van der Waals surface area contributed by atoms with Crippen LogP contribution in [0.15, 0.2) is 12.4 Å². The number of nitrogen functional groups attached to an aromatic ring is 1. The standard InChI is InChI=1S/C10H17N5O/c1-4-15(3)9(16)7(2)14-10-12-5-8(11)6-13-10/h5-7H,4,11H2,1-3H3,(H,12,13,14). The number of nitrogens with zero attached hydrogens (tertiary/aromatic N) is 3. The third-order valence-corrected chi connectivity index (χ3v) is 2.24. The molecule has 6 nitrogen and oxygen atoms in total. The van der Waals surface area contributed by atoms with Crippen molar-refractivity contribution in [3.05, 3.63) is 12.4 Å². The normalized spacial score (nSPS) is 11.9. The van der Waals surface area contributed by atoms with E-state index in [9.17, 15) is 4.79 Å². The number of hydrogen-bond acceptors (Lipinski definition) is 5. The second kappa shape index (κ2) is 5.29. The first kappa shape index (κ1) is 12.2. The minimum absolute atomic E-state index is 0.00271. The van der Waals surface area contributed by atoms with Gasteiger partial charge in [0.05, 0.1) is 18.1 Å². The summed E-state index contributed by atoms with van der Waals surface area (Å²) in [4.78, 5) is 21.3. The van der Waals surface area contributed by atoms with Crippen LogP contribution in [0.4, 0.5) is 11.6 Å². The lowest BCUT2D eigenvalue weighted by Crippen LogP contribution is -2.39. The van der Waals surface area contributed by atoms with E-state index in [0.717, 1.165) is 0 Å². The largest absolute Gasteiger partial charge is 0.396 e. The summed E-state index contributed by atoms with van der Waals surface area (Å²) >= 11 is 0. The zero-order chi connectivity index (χ0) is 12.1. The lowest BCUT2D eigenvalue weighted by Gasteiger charge is -2.20. The van der Waals surface area contributed by atoms with E-state index in [1.54, 1.807) is 18.9 Å². The van der Waals surface area contributed by atoms with Gasteiger partial charge in [-0.25, -0.2) is 9.97 Å². The Balaban J connectivity index is 2.60. The molecule has 0 aliphatic carbocycles. The Labute approximate surface area is 94.9 Å². The second-order valence-electron chi connectivity index (χ2n) is 3.56. The molecule has 1 aromatic rings. The molecule has 0 fully saturated rings. The maximum Gasteiger partial charge on any atom is 0.244 e. The number of likely N-dealkylation sites (N-methyl/N-ethyl adjacent to an activating group) is 1. The highest BCUT2D eigenvalue weighted by Gasteiger charge is 2.16. The molecule has 0 aliphatic heterocycles. The van der Waals surface area contributed by atoms with Crippen molar-refractivity contribution in [3.8, 4) is 0 Å². The molecule has 1 aromatic heterocycles. The summed E-state index contributed by atoms with van der Waals surface area (Å²) < 4.78 is 0. The van der Waals surface area contributed by atoms with Crippen LogP contribution < -0.4 is 11.1 Å². The summed E-state index contributed by atoms with van der Waals surface area (Å²) in [6.07, 6.45) is 2.99. The topological polar surface area (TPSA) is 84.1 Å². The fraction of sp³-hybridized carbons (Fsp3) is 0.500. The van der Waals surface area contributed by atoms with Crippen molar-refractivity contribution in [2.24, 2.45) is 0 Å². The molecule has 0 aliphatic rings. The van der Waals surface area contributed by atoms with Gasteiger partial charge in [0.2, 0.25) is 11.9 Å². The number of nitrogens with two attached hydrogens (primary N) is 1. The highest BCUT2D eigenvalue weighted by molar-refractivity contribution is 5.83. The SMILES string of the molecule is CCN(C)C(=O)C(C)Nc1ncc(N)cn1. The molecule has 16 heavy (non-hydrogen) atoms. The Morgan fingerprint density at radius 3 is 2.62 bits per heavy atom. The summed E-state index contributed by atoms with van der Waals surface area (Å²) in [7, 11) is 1.75. The molecule has 88 valence electrons. The third-order valence-electron chi connectivity index (χ3n) is 2.24. The quantitative estimate of drug-likeness (QED) is 0.768. The van der Waals surface area contributed by atoms with E-state index in [1.807, 2.05) is 6.92 Å². The van der Waals surface area contributed by atoms with Crippen molar-refractivity contribution >= 4 is 17.5 Å². The molecule has 0 spiro atoms. The van der Waals surface area contributed by atoms with Gasteiger partial charge in [0, 0.05) is 13.6 Å². The number of anilines is 2. The predicted molar refractivity (Wildman–Crippen MR) is 62.8 cm³/mol. The van der Waals surface area contributed by atoms with E-state index in [2.05, 4.69) is 15.3 Å². The number of carbonyl (C=O) groups excluding carboxylic acids is 1. The van der Waals surface area contributed by atoms with Crippen LogP contribution in [0.1, 0.15) is 13.8 Å². The summed E-state index contributed by atoms with van der Waals surface area (Å²) in [6.45, 7) is 4.37. The van der Waals surface area contributed by atoms with Crippen molar-refractivity contribution < 1.29 is 4.79 Å². The summed E-state index contributed by atoms with van der Waals surface area (Å²) in [5, 5.41) is 2.92. The molecular formula is C10H17N5O. The maximum atomic E-state index is 11.7. The monoisotopic (exact) mass is 223 g/mol. The Kier molecular flexibility index (Phi) is 4.04. The number of aromatic nitrogens is 2. The van der Waals surface area contributed by atoms with E-state index in [4.69, 9.17) is 5.73 Å². The van der Waals surface area contributed by atoms with Gasteiger partial charge in [-0.1, -0.05) is 0 Å². The first-order valence-corrected chi connectivity index (χ1v) is 5.13. The first-order valence-electron chi connectivity index (χ1n) is 5.13. The fourth-order valence-corrected chi connectivity index (χ4v) is 1.15. The van der Waals surface area contributed by atoms with Crippen LogP contribution in [0.3, 0.4) is 0 Å². The van der Waals surface area contributed by atoms with Crippen molar-refractivity contribution in [1.82, 2.24) is 14.9 Å². The molecule has 0 radical (unpaired) electrons. The van der Waals surface area contributed by atoms with Crippen LogP contribution in [-0.4, -0.2) is 40.4 Å². The smallest absolute Gasteiger partial charge is 0.244 e. The van der Waals surface area contributed by atoms with Crippen LogP contribution in [0, 0.1) is 0 Å². The minimum atomic E-state index is -0.353. The molecule has 1 heterocycles. The van der Waals surface area contributed by atoms with Gasteiger partial charge in [0.1, 0.15) is 6.04 Å². The average molecular weight is 223 g/mol. The Morgan fingerprint density at radius 1 is 1.56 bits per heavy atom. The lowest BCUT2D eigenvalue weighted by molar-refractivity contribution is -0.130. The van der Waals surface area contributed by atoms with E-state index in [-0.39, 0.29) is 11.9 Å². The van der Waals surface area contributed by atoms with Gasteiger partial charge in [-0.3, -0.25) is 4.79 Å². The van der Waals surface area contributed by atoms with Crippen molar-refractivity contribution in [2.75, 3.05) is 24.6 Å². The van der Waals surface area contributed by atoms with Gasteiger partial charge in [-0.2, -0.15) is 0 Å². The lowest BCUT2D eigenvalue weighted by atomic mass is 10.3. The van der Waals surface area contributed by atoms with Crippen LogP contribution in [0.2, 0.25) is 0 Å². The number of hydrogen-bond donors (Lipinski definition) is 2. The average Bonchev–Trinajstić information content (AvgIpc) is 2.30. The third kappa shape index (κ3) is 3.08. The Bertz CT molecular complexity index is 351. The molecule has 0 aromatic carbocycles. The van der Waals surface area contributed by atoms with E-state index in [1.165, 1.54) is 12.4 Å². The number of rotatable bonds is 4. The molecule has 1 amide bonds. The number of amides is 1. The zero-order valence-corrected chi connectivity index (χ0v) is 9.77. The summed E-state index contributed by atoms with van der Waals surface area (Å²) in [6, 6.07) is -0.353. The van der Waals surface area contributed by atoms with Crippen LogP contribution >= 0.6 is 0 Å². The molecule has 0 saturated heterocycles. The molecular weight excluding hydrogens is 206 g/mol. The van der Waals surface area contributed by atoms with Gasteiger partial charge < -0.3 is 16.0 Å². The van der Waals surface area contributed by atoms with Crippen molar-refractivity contribution in [3.63, 3.8) is 0 Å². The van der Waals surface area contributed by atoms with Crippen LogP contribution in [-0.2, 0) is 4.79 Å². The Morgan fingerprint density at radius 2 is 2.12 bits per heavy atom. The Hall–Kier alpha value is -1.85. The molecule has 1 rings (SSSR count). The molecule has 0 bridgehead atoms. The van der Waals surface area contributed by atoms with Gasteiger partial charge in [-0.05, 0) is 13.8 Å². The second-order valence-corrected chi connectivity index (χ2v) is 3.56. The van der Waals surface area contributed by atoms with Crippen LogP contribution in [0.25, 0.3) is 0 Å². The van der Waals surface area contributed by atoms with E-state index < -0.39 is 0 Å². The number of carbonyl (C=O) groups is 1. The first-order chi connectivity index (χ1) is 7.54. The molecule has 1 unspecified atom stereocenters. The number of nitrogens with one attached hydrogen (secondary N) is 1. The molecule has 0 saturated carbocycles. The van der Waals surface area contributed by atoms with Gasteiger partial charge in [0.15, 0.2) is 0 Å². The summed E-state index contributed by atoms with van der Waals surface area (Å²) in [5.41, 5.74) is 5.95. The fourth-order valence-electron chi connectivity index (χ4n) is 1.15. The van der Waals surface area contributed by atoms with E-state index >= 15 is 0 Å². The molecule has 3 N–H and O–H groups in total. The maximum absolute atomic E-state index is 11.7. The van der Waals surface area contributed by atoms with E-state index in [0.29, 0.717) is 18.2 Å². The van der Waals surface area contributed by atoms with Gasteiger partial charge in [0.25, 0.3) is 0 Å². The highest BCUT2D eigenvalue weighted by Crippen LogP contribution is 2.04. The minimum Gasteiger partial charge on any atom is -0.396 e. The van der Waals surface area contributed by atoms with Crippen molar-refractivity contribution in [1.29, 1.82) is 0 Å². The summed E-state index contributed by atoms with van der Waals surface area (Å²) in [5.74, 6) is 0.405. The molecule has 6 heteroatoms. The van der Waals surface area contributed by atoms with Crippen molar-refractivity contribution in [2.45, 2.75) is 19.9 Å². The van der Waals surface area contributed by atoms with Gasteiger partial charge >= 0.3 is 0 Å². The highest BCUT2D eigenvalue weighted by atomic mass is 16.2. The van der Waals surface area contributed by atoms with Crippen LogP contribution in [0.5, 0.6) is 0 Å². The predicted octanol–water partition coefficient (Wildman–Crippen LogP) is 0.337. The van der Waals surface area contributed by atoms with Gasteiger partial charge in [-0.15, -0.1) is 0 Å². The molecule has 1 atom stereocenters. The zero-order valence-electron chi connectivity index (χ0n) is 9.77.